The molecule has 0 saturated carbocycles. The van der Waals surface area contributed by atoms with Gasteiger partial charge in [-0.2, -0.15) is 0 Å². The van der Waals surface area contributed by atoms with E-state index in [9.17, 15) is 4.79 Å². The van der Waals surface area contributed by atoms with Crippen molar-refractivity contribution in [2.75, 3.05) is 46.7 Å². The van der Waals surface area contributed by atoms with E-state index in [0.717, 1.165) is 12.8 Å². The molecule has 0 aliphatic heterocycles. The highest BCUT2D eigenvalue weighted by molar-refractivity contribution is 5.73. The molecule has 0 spiro atoms. The van der Waals surface area contributed by atoms with Gasteiger partial charge in [0.2, 0.25) is 0 Å². The number of aliphatic carboxylic acids is 1. The predicted octanol–water partition coefficient (Wildman–Crippen LogP) is 0.509. The molecule has 18 heavy (non-hydrogen) atoms. The summed E-state index contributed by atoms with van der Waals surface area (Å²) in [6, 6.07) is -0.626. The third kappa shape index (κ3) is 10.5. The van der Waals surface area contributed by atoms with E-state index in [4.69, 9.17) is 19.3 Å². The van der Waals surface area contributed by atoms with Gasteiger partial charge in [0.05, 0.1) is 19.8 Å². The molecule has 0 aromatic rings. The lowest BCUT2D eigenvalue weighted by Gasteiger charge is -2.14. The minimum atomic E-state index is -0.875. The first kappa shape index (κ1) is 17.3. The molecule has 2 N–H and O–H groups in total. The number of hydrogen-bond acceptors (Lipinski definition) is 5. The molecule has 0 aliphatic carbocycles. The molecule has 0 radical (unpaired) electrons. The molecule has 0 heterocycles. The van der Waals surface area contributed by atoms with Gasteiger partial charge in [-0.05, 0) is 19.4 Å². The average molecular weight is 263 g/mol. The molecule has 0 saturated heterocycles. The van der Waals surface area contributed by atoms with E-state index in [0.29, 0.717) is 33.0 Å². The Kier molecular flexibility index (Phi) is 12.3. The highest BCUT2D eigenvalue weighted by Crippen LogP contribution is 1.91. The molecule has 0 amide bonds. The Morgan fingerprint density at radius 3 is 2.56 bits per heavy atom. The summed E-state index contributed by atoms with van der Waals surface area (Å²) >= 11 is 0. The van der Waals surface area contributed by atoms with Crippen molar-refractivity contribution in [2.24, 2.45) is 0 Å². The summed E-state index contributed by atoms with van der Waals surface area (Å²) in [6.45, 7) is 5.13. The summed E-state index contributed by atoms with van der Waals surface area (Å²) in [7, 11) is 1.63. The molecule has 0 bridgehead atoms. The van der Waals surface area contributed by atoms with Gasteiger partial charge in [-0.25, -0.2) is 0 Å². The van der Waals surface area contributed by atoms with Gasteiger partial charge in [0.15, 0.2) is 0 Å². The quantitative estimate of drug-likeness (QED) is 0.471. The zero-order valence-corrected chi connectivity index (χ0v) is 11.3. The number of carboxylic acids is 1. The fraction of sp³-hybridized carbons (Fsp3) is 0.917. The SMILES string of the molecule is CCCNC(COCCCOCCOC)C(=O)O. The van der Waals surface area contributed by atoms with Crippen LogP contribution in [0.2, 0.25) is 0 Å². The van der Waals surface area contributed by atoms with Crippen LogP contribution < -0.4 is 5.32 Å². The van der Waals surface area contributed by atoms with E-state index in [1.165, 1.54) is 0 Å². The molecule has 6 nitrogen and oxygen atoms in total. The smallest absolute Gasteiger partial charge is 0.323 e. The summed E-state index contributed by atoms with van der Waals surface area (Å²) in [4.78, 5) is 10.9. The number of rotatable bonds is 13. The van der Waals surface area contributed by atoms with E-state index >= 15 is 0 Å². The standard InChI is InChI=1S/C12H25NO5/c1-3-5-13-11(12(14)15)10-18-7-4-6-17-9-8-16-2/h11,13H,3-10H2,1-2H3,(H,14,15). The Balaban J connectivity index is 3.40. The normalized spacial score (nSPS) is 12.6. The van der Waals surface area contributed by atoms with Gasteiger partial charge in [-0.15, -0.1) is 0 Å². The number of carbonyl (C=O) groups is 1. The van der Waals surface area contributed by atoms with Crippen molar-refractivity contribution in [1.29, 1.82) is 0 Å². The van der Waals surface area contributed by atoms with Crippen LogP contribution in [0.3, 0.4) is 0 Å². The maximum absolute atomic E-state index is 10.9. The predicted molar refractivity (Wildman–Crippen MR) is 67.8 cm³/mol. The molecule has 0 rings (SSSR count). The van der Waals surface area contributed by atoms with Crippen LogP contribution in [0, 0.1) is 0 Å². The number of methoxy groups -OCH3 is 1. The second kappa shape index (κ2) is 12.8. The number of ether oxygens (including phenoxy) is 3. The van der Waals surface area contributed by atoms with Crippen LogP contribution in [0.1, 0.15) is 19.8 Å². The van der Waals surface area contributed by atoms with E-state index in [1.807, 2.05) is 6.92 Å². The molecule has 0 aromatic heterocycles. The Bertz CT molecular complexity index is 201. The maximum atomic E-state index is 10.9. The zero-order valence-electron chi connectivity index (χ0n) is 11.3. The van der Waals surface area contributed by atoms with Gasteiger partial charge in [0.25, 0.3) is 0 Å². The van der Waals surface area contributed by atoms with Crippen molar-refractivity contribution in [2.45, 2.75) is 25.8 Å². The first-order valence-electron chi connectivity index (χ1n) is 6.33. The van der Waals surface area contributed by atoms with Crippen molar-refractivity contribution in [1.82, 2.24) is 5.32 Å². The average Bonchev–Trinajstić information content (AvgIpc) is 2.35. The number of hydrogen-bond donors (Lipinski definition) is 2. The van der Waals surface area contributed by atoms with Crippen LogP contribution in [-0.2, 0) is 19.0 Å². The minimum absolute atomic E-state index is 0.188. The lowest BCUT2D eigenvalue weighted by molar-refractivity contribution is -0.141. The van der Waals surface area contributed by atoms with Crippen molar-refractivity contribution in [3.8, 4) is 0 Å². The second-order valence-corrected chi connectivity index (χ2v) is 3.88. The summed E-state index contributed by atoms with van der Waals surface area (Å²) in [5, 5.41) is 11.8. The lowest BCUT2D eigenvalue weighted by Crippen LogP contribution is -2.41. The van der Waals surface area contributed by atoms with Gasteiger partial charge in [-0.1, -0.05) is 6.92 Å². The molecule has 1 unspecified atom stereocenters. The Morgan fingerprint density at radius 2 is 1.94 bits per heavy atom. The number of carboxylic acid groups (broad SMARTS) is 1. The van der Waals surface area contributed by atoms with Gasteiger partial charge >= 0.3 is 5.97 Å². The largest absolute Gasteiger partial charge is 0.480 e. The van der Waals surface area contributed by atoms with Gasteiger partial charge < -0.3 is 24.6 Å². The molecule has 6 heteroatoms. The van der Waals surface area contributed by atoms with Crippen LogP contribution in [0.25, 0.3) is 0 Å². The van der Waals surface area contributed by atoms with Crippen molar-refractivity contribution in [3.63, 3.8) is 0 Å². The zero-order chi connectivity index (χ0) is 13.6. The molecule has 0 aromatic carbocycles. The summed E-state index contributed by atoms with van der Waals surface area (Å²) in [6.07, 6.45) is 1.65. The van der Waals surface area contributed by atoms with E-state index in [1.54, 1.807) is 7.11 Å². The van der Waals surface area contributed by atoms with Gasteiger partial charge in [0, 0.05) is 20.3 Å². The van der Waals surface area contributed by atoms with E-state index in [-0.39, 0.29) is 6.61 Å². The fourth-order valence-corrected chi connectivity index (χ4v) is 1.24. The van der Waals surface area contributed by atoms with Crippen LogP contribution in [0.5, 0.6) is 0 Å². The fourth-order valence-electron chi connectivity index (χ4n) is 1.24. The monoisotopic (exact) mass is 263 g/mol. The van der Waals surface area contributed by atoms with Crippen LogP contribution in [0.15, 0.2) is 0 Å². The first-order valence-corrected chi connectivity index (χ1v) is 6.33. The lowest BCUT2D eigenvalue weighted by atomic mass is 10.3. The molecule has 108 valence electrons. The first-order chi connectivity index (χ1) is 8.72. The number of nitrogens with one attached hydrogen (secondary N) is 1. The van der Waals surface area contributed by atoms with Crippen LogP contribution in [0.4, 0.5) is 0 Å². The molecule has 0 fully saturated rings. The second-order valence-electron chi connectivity index (χ2n) is 3.88. The third-order valence-corrected chi connectivity index (χ3v) is 2.23. The summed E-state index contributed by atoms with van der Waals surface area (Å²) in [5.41, 5.74) is 0. The third-order valence-electron chi connectivity index (χ3n) is 2.23. The van der Waals surface area contributed by atoms with Crippen molar-refractivity contribution < 1.29 is 24.1 Å². The highest BCUT2D eigenvalue weighted by atomic mass is 16.5. The van der Waals surface area contributed by atoms with Gasteiger partial charge in [0.1, 0.15) is 6.04 Å². The Labute approximate surface area is 109 Å². The van der Waals surface area contributed by atoms with Gasteiger partial charge in [-0.3, -0.25) is 4.79 Å². The van der Waals surface area contributed by atoms with Crippen molar-refractivity contribution in [3.05, 3.63) is 0 Å². The molecular weight excluding hydrogens is 238 g/mol. The van der Waals surface area contributed by atoms with E-state index < -0.39 is 12.0 Å². The molecule has 0 aliphatic rings. The maximum Gasteiger partial charge on any atom is 0.323 e. The van der Waals surface area contributed by atoms with E-state index in [2.05, 4.69) is 5.32 Å². The Hall–Kier alpha value is -0.690. The Morgan fingerprint density at radius 1 is 1.22 bits per heavy atom. The minimum Gasteiger partial charge on any atom is -0.480 e. The highest BCUT2D eigenvalue weighted by Gasteiger charge is 2.15. The topological polar surface area (TPSA) is 77.0 Å². The van der Waals surface area contributed by atoms with Crippen LogP contribution >= 0.6 is 0 Å². The van der Waals surface area contributed by atoms with Crippen LogP contribution in [-0.4, -0.2) is 63.8 Å². The molecule has 1 atom stereocenters. The van der Waals surface area contributed by atoms with Crippen molar-refractivity contribution >= 4 is 5.97 Å². The summed E-state index contributed by atoms with van der Waals surface area (Å²) < 4.78 is 15.4. The summed E-state index contributed by atoms with van der Waals surface area (Å²) in [5.74, 6) is -0.875. The molecular formula is C12H25NO5.